The normalized spacial score (nSPS) is 14.2. The zero-order valence-electron chi connectivity index (χ0n) is 13.8. The Kier molecular flexibility index (Phi) is 6.36. The van der Waals surface area contributed by atoms with Crippen molar-refractivity contribution in [1.29, 1.82) is 0 Å². The molecular formula is C15H17N5O4S2. The van der Waals surface area contributed by atoms with E-state index >= 15 is 0 Å². The number of para-hydroxylation sites is 2. The molecule has 2 heterocycles. The average molecular weight is 395 g/mol. The van der Waals surface area contributed by atoms with E-state index in [0.717, 1.165) is 22.6 Å². The molecule has 138 valence electrons. The first-order chi connectivity index (χ1) is 12.6. The number of nitrogens with zero attached hydrogens (tertiary/aromatic N) is 4. The van der Waals surface area contributed by atoms with Crippen molar-refractivity contribution in [1.82, 2.24) is 10.2 Å². The summed E-state index contributed by atoms with van der Waals surface area (Å²) in [7, 11) is 0. The smallest absolute Gasteiger partial charge is 0.292 e. The molecule has 1 aliphatic heterocycles. The molecule has 1 saturated heterocycles. The van der Waals surface area contributed by atoms with Gasteiger partial charge in [0, 0.05) is 31.3 Å². The topological polar surface area (TPSA) is 110 Å². The molecular weight excluding hydrogens is 378 g/mol. The number of hydrogen-bond acceptors (Lipinski definition) is 9. The number of aromatic nitrogens is 2. The standard InChI is InChI=1S/C15H17N5O4S2/c21-13(16-11-3-1-2-4-12(11)20(22)23)5-10-25-15-18-17-14(26-15)19-6-8-24-9-7-19/h1-4H,5-10H2,(H,16,21). The van der Waals surface area contributed by atoms with Crippen LogP contribution in [-0.2, 0) is 9.53 Å². The fraction of sp³-hybridized carbons (Fsp3) is 0.400. The Hall–Kier alpha value is -2.24. The van der Waals surface area contributed by atoms with Crippen molar-refractivity contribution < 1.29 is 14.5 Å². The summed E-state index contributed by atoms with van der Waals surface area (Å²) in [5.74, 6) is 0.245. The molecule has 0 spiro atoms. The molecule has 1 aromatic carbocycles. The van der Waals surface area contributed by atoms with Gasteiger partial charge in [0.05, 0.1) is 18.1 Å². The summed E-state index contributed by atoms with van der Waals surface area (Å²) in [5.41, 5.74) is 0.0887. The van der Waals surface area contributed by atoms with Crippen LogP contribution in [0.2, 0.25) is 0 Å². The van der Waals surface area contributed by atoms with Crippen LogP contribution in [-0.4, -0.2) is 53.1 Å². The van der Waals surface area contributed by atoms with Crippen molar-refractivity contribution in [2.45, 2.75) is 10.8 Å². The molecule has 1 fully saturated rings. The van der Waals surface area contributed by atoms with Crippen LogP contribution in [0, 0.1) is 10.1 Å². The molecule has 0 bridgehead atoms. The van der Waals surface area contributed by atoms with Gasteiger partial charge in [0.15, 0.2) is 4.34 Å². The number of thioether (sulfide) groups is 1. The lowest BCUT2D eigenvalue weighted by atomic mass is 10.2. The first kappa shape index (κ1) is 18.5. The first-order valence-electron chi connectivity index (χ1n) is 7.96. The van der Waals surface area contributed by atoms with Gasteiger partial charge >= 0.3 is 0 Å². The van der Waals surface area contributed by atoms with Crippen molar-refractivity contribution in [3.8, 4) is 0 Å². The van der Waals surface area contributed by atoms with Crippen LogP contribution in [0.15, 0.2) is 28.6 Å². The lowest BCUT2D eigenvalue weighted by Gasteiger charge is -2.25. The maximum Gasteiger partial charge on any atom is 0.292 e. The Morgan fingerprint density at radius 3 is 2.88 bits per heavy atom. The number of carbonyl (C=O) groups is 1. The number of nitro benzene ring substituents is 1. The Bertz CT molecular complexity index is 779. The first-order valence-corrected chi connectivity index (χ1v) is 9.76. The highest BCUT2D eigenvalue weighted by molar-refractivity contribution is 8.01. The second-order valence-electron chi connectivity index (χ2n) is 5.37. The van der Waals surface area contributed by atoms with Crippen molar-refractivity contribution in [3.05, 3.63) is 34.4 Å². The molecule has 0 radical (unpaired) electrons. The molecule has 0 saturated carbocycles. The van der Waals surface area contributed by atoms with Crippen LogP contribution < -0.4 is 10.2 Å². The van der Waals surface area contributed by atoms with Crippen LogP contribution in [0.25, 0.3) is 0 Å². The van der Waals surface area contributed by atoms with E-state index in [0.29, 0.717) is 19.0 Å². The largest absolute Gasteiger partial charge is 0.378 e. The monoisotopic (exact) mass is 395 g/mol. The van der Waals surface area contributed by atoms with Gasteiger partial charge in [-0.05, 0) is 6.07 Å². The molecule has 26 heavy (non-hydrogen) atoms. The van der Waals surface area contributed by atoms with Gasteiger partial charge < -0.3 is 15.0 Å². The molecule has 0 atom stereocenters. The number of hydrogen-bond donors (Lipinski definition) is 1. The summed E-state index contributed by atoms with van der Waals surface area (Å²) >= 11 is 2.94. The van der Waals surface area contributed by atoms with Crippen LogP contribution in [0.4, 0.5) is 16.5 Å². The second kappa shape index (κ2) is 8.92. The number of benzene rings is 1. The summed E-state index contributed by atoms with van der Waals surface area (Å²) in [4.78, 5) is 24.6. The third-order valence-corrected chi connectivity index (χ3v) is 5.73. The molecule has 1 aliphatic rings. The Balaban J connectivity index is 1.47. The van der Waals surface area contributed by atoms with E-state index in [-0.39, 0.29) is 23.7 Å². The molecule has 3 rings (SSSR count). The summed E-state index contributed by atoms with van der Waals surface area (Å²) in [6.07, 6.45) is 0.225. The third-order valence-electron chi connectivity index (χ3n) is 3.61. The fourth-order valence-corrected chi connectivity index (χ4v) is 4.23. The average Bonchev–Trinajstić information content (AvgIpc) is 3.11. The summed E-state index contributed by atoms with van der Waals surface area (Å²) in [6, 6.07) is 6.08. The predicted octanol–water partition coefficient (Wildman–Crippen LogP) is 2.40. The molecule has 9 nitrogen and oxygen atoms in total. The van der Waals surface area contributed by atoms with Gasteiger partial charge in [0.2, 0.25) is 11.0 Å². The number of carbonyl (C=O) groups excluding carboxylic acids is 1. The molecule has 1 amide bonds. The van der Waals surface area contributed by atoms with E-state index in [1.54, 1.807) is 12.1 Å². The summed E-state index contributed by atoms with van der Waals surface area (Å²) < 4.78 is 6.11. The number of morpholine rings is 1. The second-order valence-corrected chi connectivity index (χ2v) is 7.67. The highest BCUT2D eigenvalue weighted by Crippen LogP contribution is 2.29. The van der Waals surface area contributed by atoms with E-state index in [9.17, 15) is 14.9 Å². The summed E-state index contributed by atoms with van der Waals surface area (Å²) in [6.45, 7) is 2.98. The van der Waals surface area contributed by atoms with E-state index in [2.05, 4.69) is 20.4 Å². The molecule has 0 unspecified atom stereocenters. The minimum Gasteiger partial charge on any atom is -0.378 e. The maximum absolute atomic E-state index is 12.0. The number of nitrogens with one attached hydrogen (secondary N) is 1. The molecule has 1 aromatic heterocycles. The SMILES string of the molecule is O=C(CCSc1nnc(N2CCOCC2)s1)Nc1ccccc1[N+](=O)[O-]. The van der Waals surface area contributed by atoms with Gasteiger partial charge in [-0.15, -0.1) is 10.2 Å². The van der Waals surface area contributed by atoms with Crippen LogP contribution in [0.1, 0.15) is 6.42 Å². The van der Waals surface area contributed by atoms with E-state index in [1.807, 2.05) is 0 Å². The Morgan fingerprint density at radius 1 is 1.35 bits per heavy atom. The number of rotatable bonds is 7. The van der Waals surface area contributed by atoms with E-state index < -0.39 is 4.92 Å². The van der Waals surface area contributed by atoms with Gasteiger partial charge in [-0.3, -0.25) is 14.9 Å². The van der Waals surface area contributed by atoms with E-state index in [1.165, 1.54) is 35.2 Å². The lowest BCUT2D eigenvalue weighted by molar-refractivity contribution is -0.383. The van der Waals surface area contributed by atoms with Crippen molar-refractivity contribution >= 4 is 45.5 Å². The minimum absolute atomic E-state index is 0.118. The predicted molar refractivity (Wildman–Crippen MR) is 100 cm³/mol. The summed E-state index contributed by atoms with van der Waals surface area (Å²) in [5, 5.41) is 22.7. The number of anilines is 2. The molecule has 11 heteroatoms. The van der Waals surface area contributed by atoms with Crippen molar-refractivity contribution in [2.24, 2.45) is 0 Å². The highest BCUT2D eigenvalue weighted by atomic mass is 32.2. The Labute approximate surface area is 157 Å². The maximum atomic E-state index is 12.0. The minimum atomic E-state index is -0.515. The zero-order valence-corrected chi connectivity index (χ0v) is 15.4. The lowest BCUT2D eigenvalue weighted by Crippen LogP contribution is -2.36. The fourth-order valence-electron chi connectivity index (χ4n) is 2.33. The van der Waals surface area contributed by atoms with Gasteiger partial charge in [0.1, 0.15) is 5.69 Å². The quantitative estimate of drug-likeness (QED) is 0.432. The van der Waals surface area contributed by atoms with Gasteiger partial charge in [0.25, 0.3) is 5.69 Å². The number of ether oxygens (including phenoxy) is 1. The van der Waals surface area contributed by atoms with Crippen LogP contribution in [0.5, 0.6) is 0 Å². The zero-order chi connectivity index (χ0) is 18.4. The Morgan fingerprint density at radius 2 is 2.12 bits per heavy atom. The highest BCUT2D eigenvalue weighted by Gasteiger charge is 2.17. The van der Waals surface area contributed by atoms with Crippen LogP contribution >= 0.6 is 23.1 Å². The molecule has 0 aliphatic carbocycles. The number of amides is 1. The van der Waals surface area contributed by atoms with Crippen molar-refractivity contribution in [3.63, 3.8) is 0 Å². The molecule has 2 aromatic rings. The van der Waals surface area contributed by atoms with Crippen molar-refractivity contribution in [2.75, 3.05) is 42.3 Å². The van der Waals surface area contributed by atoms with Crippen LogP contribution in [0.3, 0.4) is 0 Å². The van der Waals surface area contributed by atoms with Gasteiger partial charge in [-0.2, -0.15) is 0 Å². The van der Waals surface area contributed by atoms with Gasteiger partial charge in [-0.25, -0.2) is 0 Å². The van der Waals surface area contributed by atoms with E-state index in [4.69, 9.17) is 4.74 Å². The number of nitro groups is 1. The van der Waals surface area contributed by atoms with Gasteiger partial charge in [-0.1, -0.05) is 35.2 Å². The third kappa shape index (κ3) is 4.90. The molecule has 1 N–H and O–H groups in total.